The van der Waals surface area contributed by atoms with Crippen molar-refractivity contribution in [3.8, 4) is 0 Å². The highest BCUT2D eigenvalue weighted by atomic mass is 16.1. The molecule has 2 N–H and O–H groups in total. The summed E-state index contributed by atoms with van der Waals surface area (Å²) in [4.78, 5) is 30.5. The number of nitrogens with zero attached hydrogens (tertiary/aromatic N) is 2. The van der Waals surface area contributed by atoms with E-state index in [-0.39, 0.29) is 12.2 Å². The van der Waals surface area contributed by atoms with Gasteiger partial charge in [0.1, 0.15) is 0 Å². The average molecular weight is 203 g/mol. The number of carbonyl (C=O) groups excluding carboxylic acids is 2. The molecule has 5 heteroatoms. The first-order valence-corrected chi connectivity index (χ1v) is 4.50. The van der Waals surface area contributed by atoms with Crippen LogP contribution < -0.4 is 5.73 Å². The van der Waals surface area contributed by atoms with Gasteiger partial charge in [-0.2, -0.15) is 0 Å². The van der Waals surface area contributed by atoms with E-state index in [1.807, 2.05) is 0 Å². The summed E-state index contributed by atoms with van der Waals surface area (Å²) in [6.07, 6.45) is 3.00. The minimum Gasteiger partial charge on any atom is -0.370 e. The molecule has 1 aromatic heterocycles. The van der Waals surface area contributed by atoms with E-state index in [2.05, 4.69) is 9.98 Å². The number of Topliss-reactive ketones (excluding diaryl/α,β-unsaturated/α-hetero) is 1. The molecule has 0 spiro atoms. The van der Waals surface area contributed by atoms with Crippen LogP contribution in [-0.2, 0) is 4.79 Å². The van der Waals surface area contributed by atoms with Crippen LogP contribution in [0.4, 0.5) is 5.82 Å². The minimum atomic E-state index is -0.542. The van der Waals surface area contributed by atoms with Gasteiger partial charge in [-0.25, -0.2) is 9.98 Å². The Morgan fingerprint density at radius 3 is 3.07 bits per heavy atom. The van der Waals surface area contributed by atoms with Crippen molar-refractivity contribution in [2.75, 3.05) is 0 Å². The zero-order valence-electron chi connectivity index (χ0n) is 7.88. The van der Waals surface area contributed by atoms with Gasteiger partial charge in [-0.3, -0.25) is 9.59 Å². The van der Waals surface area contributed by atoms with E-state index in [0.29, 0.717) is 11.4 Å². The third-order valence-electron chi connectivity index (χ3n) is 2.19. The summed E-state index contributed by atoms with van der Waals surface area (Å²) in [5.41, 5.74) is 5.49. The van der Waals surface area contributed by atoms with E-state index in [1.54, 1.807) is 18.3 Å². The number of hydrogen-bond donors (Lipinski definition) is 1. The Morgan fingerprint density at radius 2 is 2.33 bits per heavy atom. The highest BCUT2D eigenvalue weighted by molar-refractivity contribution is 6.12. The number of aliphatic imine (C=N–C) groups is 1. The van der Waals surface area contributed by atoms with E-state index >= 15 is 0 Å². The van der Waals surface area contributed by atoms with E-state index < -0.39 is 11.8 Å². The Morgan fingerprint density at radius 1 is 1.53 bits per heavy atom. The molecular weight excluding hydrogens is 194 g/mol. The van der Waals surface area contributed by atoms with Gasteiger partial charge in [0, 0.05) is 18.8 Å². The van der Waals surface area contributed by atoms with Gasteiger partial charge >= 0.3 is 0 Å². The fourth-order valence-electron chi connectivity index (χ4n) is 1.48. The first kappa shape index (κ1) is 9.51. The molecule has 1 atom stereocenters. The molecule has 5 nitrogen and oxygen atoms in total. The number of pyridine rings is 1. The lowest BCUT2D eigenvalue weighted by Gasteiger charge is -2.14. The number of hydrogen-bond acceptors (Lipinski definition) is 4. The van der Waals surface area contributed by atoms with Gasteiger partial charge in [0.25, 0.3) is 0 Å². The molecule has 1 unspecified atom stereocenters. The van der Waals surface area contributed by atoms with Gasteiger partial charge < -0.3 is 5.73 Å². The molecule has 1 amide bonds. The highest BCUT2D eigenvalue weighted by Crippen LogP contribution is 2.24. The van der Waals surface area contributed by atoms with E-state index in [4.69, 9.17) is 5.73 Å². The Kier molecular flexibility index (Phi) is 2.29. The lowest BCUT2D eigenvalue weighted by atomic mass is 9.94. The van der Waals surface area contributed by atoms with Gasteiger partial charge in [0.2, 0.25) is 5.91 Å². The first-order valence-electron chi connectivity index (χ1n) is 4.50. The maximum atomic E-state index is 11.8. The lowest BCUT2D eigenvalue weighted by Crippen LogP contribution is -2.26. The van der Waals surface area contributed by atoms with Crippen LogP contribution in [0.25, 0.3) is 0 Å². The second kappa shape index (κ2) is 3.61. The largest absolute Gasteiger partial charge is 0.370 e. The number of carbonyl (C=O) groups is 2. The first-order chi connectivity index (χ1) is 7.18. The van der Waals surface area contributed by atoms with Crippen LogP contribution in [0.1, 0.15) is 16.8 Å². The highest BCUT2D eigenvalue weighted by Gasteiger charge is 2.26. The molecule has 0 fully saturated rings. The zero-order chi connectivity index (χ0) is 10.8. The standard InChI is InChI=1S/C10H9N3O2/c11-8(14)4-6-5-13-10-7(9(6)15)2-1-3-12-10/h1-3,5-6H,4H2,(H2,11,14). The quantitative estimate of drug-likeness (QED) is 0.758. The number of ketones is 1. The number of amides is 1. The summed E-state index contributed by atoms with van der Waals surface area (Å²) in [7, 11) is 0. The topological polar surface area (TPSA) is 85.4 Å². The number of fused-ring (bicyclic) bond motifs is 1. The molecule has 1 aliphatic heterocycles. The molecule has 0 aromatic carbocycles. The summed E-state index contributed by atoms with van der Waals surface area (Å²) in [5.74, 6) is -0.790. The molecule has 1 aliphatic rings. The van der Waals surface area contributed by atoms with Gasteiger partial charge in [0.05, 0.1) is 11.5 Å². The maximum absolute atomic E-state index is 11.8. The zero-order valence-corrected chi connectivity index (χ0v) is 7.88. The Bertz CT molecular complexity index is 454. The van der Waals surface area contributed by atoms with Gasteiger partial charge in [-0.15, -0.1) is 0 Å². The van der Waals surface area contributed by atoms with Crippen molar-refractivity contribution in [3.05, 3.63) is 23.9 Å². The van der Waals surface area contributed by atoms with Crippen molar-refractivity contribution >= 4 is 23.7 Å². The smallest absolute Gasteiger partial charge is 0.218 e. The average Bonchev–Trinajstić information content (AvgIpc) is 2.22. The van der Waals surface area contributed by atoms with Crippen molar-refractivity contribution in [2.24, 2.45) is 16.6 Å². The van der Waals surface area contributed by atoms with Crippen LogP contribution in [-0.4, -0.2) is 22.9 Å². The van der Waals surface area contributed by atoms with E-state index in [9.17, 15) is 9.59 Å². The van der Waals surface area contributed by atoms with E-state index in [0.717, 1.165) is 0 Å². The molecule has 0 saturated carbocycles. The van der Waals surface area contributed by atoms with Crippen LogP contribution >= 0.6 is 0 Å². The van der Waals surface area contributed by atoms with Crippen molar-refractivity contribution in [1.29, 1.82) is 0 Å². The minimum absolute atomic E-state index is 0.00331. The molecule has 0 radical (unpaired) electrons. The number of rotatable bonds is 2. The Labute approximate surface area is 86.0 Å². The molecule has 0 saturated heterocycles. The number of nitrogens with two attached hydrogens (primary N) is 1. The summed E-state index contributed by atoms with van der Waals surface area (Å²) in [6.45, 7) is 0. The van der Waals surface area contributed by atoms with Crippen LogP contribution in [0.15, 0.2) is 23.3 Å². The van der Waals surface area contributed by atoms with Gasteiger partial charge in [0.15, 0.2) is 11.6 Å². The summed E-state index contributed by atoms with van der Waals surface area (Å²) in [5, 5.41) is 0. The predicted octanol–water partition coefficient (Wildman–Crippen LogP) is 0.472. The van der Waals surface area contributed by atoms with E-state index in [1.165, 1.54) is 6.21 Å². The fraction of sp³-hybridized carbons (Fsp3) is 0.200. The third kappa shape index (κ3) is 1.76. The van der Waals surface area contributed by atoms with Crippen molar-refractivity contribution in [1.82, 2.24) is 4.98 Å². The lowest BCUT2D eigenvalue weighted by molar-refractivity contribution is -0.118. The molecule has 76 valence electrons. The number of aromatic nitrogens is 1. The van der Waals surface area contributed by atoms with Crippen LogP contribution in [0.3, 0.4) is 0 Å². The summed E-state index contributed by atoms with van der Waals surface area (Å²) >= 11 is 0. The Balaban J connectivity index is 2.33. The molecule has 2 rings (SSSR count). The molecule has 0 aliphatic carbocycles. The summed E-state index contributed by atoms with van der Waals surface area (Å²) in [6, 6.07) is 3.31. The molecule has 0 bridgehead atoms. The maximum Gasteiger partial charge on any atom is 0.218 e. The molecular formula is C10H9N3O2. The molecule has 2 heterocycles. The monoisotopic (exact) mass is 203 g/mol. The predicted molar refractivity (Wildman–Crippen MR) is 54.0 cm³/mol. The SMILES string of the molecule is NC(=O)CC1C=Nc2ncccc2C1=O. The van der Waals surface area contributed by atoms with Gasteiger partial charge in [-0.1, -0.05) is 0 Å². The summed E-state index contributed by atoms with van der Waals surface area (Å²) < 4.78 is 0. The Hall–Kier alpha value is -2.04. The van der Waals surface area contributed by atoms with Crippen molar-refractivity contribution in [3.63, 3.8) is 0 Å². The fourth-order valence-corrected chi connectivity index (χ4v) is 1.48. The van der Waals surface area contributed by atoms with Crippen LogP contribution in [0.5, 0.6) is 0 Å². The second-order valence-electron chi connectivity index (χ2n) is 3.29. The van der Waals surface area contributed by atoms with Crippen LogP contribution in [0.2, 0.25) is 0 Å². The van der Waals surface area contributed by atoms with Gasteiger partial charge in [-0.05, 0) is 12.1 Å². The third-order valence-corrected chi connectivity index (χ3v) is 2.19. The molecule has 15 heavy (non-hydrogen) atoms. The van der Waals surface area contributed by atoms with Crippen LogP contribution in [0, 0.1) is 5.92 Å². The van der Waals surface area contributed by atoms with Crippen molar-refractivity contribution in [2.45, 2.75) is 6.42 Å². The van der Waals surface area contributed by atoms with Crippen molar-refractivity contribution < 1.29 is 9.59 Å². The normalized spacial score (nSPS) is 18.7. The second-order valence-corrected chi connectivity index (χ2v) is 3.29. The molecule has 1 aromatic rings. The number of primary amides is 1.